The first-order chi connectivity index (χ1) is 19.3. The number of rotatable bonds is 11. The van der Waals surface area contributed by atoms with Gasteiger partial charge in [0.2, 0.25) is 5.95 Å². The van der Waals surface area contributed by atoms with Crippen molar-refractivity contribution in [3.05, 3.63) is 60.2 Å². The molecule has 2 fully saturated rings. The normalized spacial score (nSPS) is 15.8. The Kier molecular flexibility index (Phi) is 9.27. The number of hydrogen-bond donors (Lipinski definition) is 1. The highest BCUT2D eigenvalue weighted by Gasteiger charge is 2.19. The van der Waals surface area contributed by atoms with Gasteiger partial charge in [-0.05, 0) is 54.1 Å². The van der Waals surface area contributed by atoms with Crippen molar-refractivity contribution in [3.63, 3.8) is 0 Å². The van der Waals surface area contributed by atoms with E-state index in [1.54, 1.807) is 13.3 Å². The van der Waals surface area contributed by atoms with E-state index in [0.717, 1.165) is 54.8 Å². The number of anilines is 3. The summed E-state index contributed by atoms with van der Waals surface area (Å²) in [7, 11) is 1.64. The summed E-state index contributed by atoms with van der Waals surface area (Å²) in [5.74, 6) is 4.52. The van der Waals surface area contributed by atoms with Gasteiger partial charge in [-0.2, -0.15) is 15.1 Å². The molecular formula is C28H34N6O5. The van der Waals surface area contributed by atoms with E-state index in [9.17, 15) is 0 Å². The van der Waals surface area contributed by atoms with E-state index in [1.165, 1.54) is 0 Å². The third-order valence-corrected chi connectivity index (χ3v) is 6.28. The molecule has 1 N–H and O–H groups in total. The second-order valence-corrected chi connectivity index (χ2v) is 8.92. The Labute approximate surface area is 228 Å². The van der Waals surface area contributed by atoms with Crippen LogP contribution in [-0.2, 0) is 9.47 Å². The second kappa shape index (κ2) is 13.6. The molecule has 2 saturated heterocycles. The molecule has 0 bridgehead atoms. The van der Waals surface area contributed by atoms with Crippen LogP contribution in [0.2, 0.25) is 0 Å². The largest absolute Gasteiger partial charge is 0.497 e. The number of hydrazone groups is 1. The Morgan fingerprint density at radius 2 is 1.36 bits per heavy atom. The molecule has 2 aliphatic heterocycles. The van der Waals surface area contributed by atoms with Gasteiger partial charge in [0, 0.05) is 32.2 Å². The van der Waals surface area contributed by atoms with Crippen LogP contribution in [0, 0.1) is 0 Å². The molecular weight excluding hydrogens is 500 g/mol. The molecule has 11 nitrogen and oxygen atoms in total. The fourth-order valence-corrected chi connectivity index (χ4v) is 4.15. The SMILES string of the molecule is COc1ccc(OCCOc2ccc(/C=N\Nc3cc(N4CCOCC4)nc(N4CCOCC4)n3)cc2)cc1. The van der Waals surface area contributed by atoms with Crippen molar-refractivity contribution in [2.24, 2.45) is 5.10 Å². The highest BCUT2D eigenvalue weighted by atomic mass is 16.5. The van der Waals surface area contributed by atoms with Gasteiger partial charge in [-0.1, -0.05) is 0 Å². The summed E-state index contributed by atoms with van der Waals surface area (Å²) in [4.78, 5) is 13.9. The number of nitrogens with zero attached hydrogens (tertiary/aromatic N) is 5. The highest BCUT2D eigenvalue weighted by molar-refractivity contribution is 5.80. The predicted molar refractivity (Wildman–Crippen MR) is 150 cm³/mol. The minimum atomic E-state index is 0.436. The summed E-state index contributed by atoms with van der Waals surface area (Å²) >= 11 is 0. The summed E-state index contributed by atoms with van der Waals surface area (Å²) < 4.78 is 27.6. The number of hydrogen-bond acceptors (Lipinski definition) is 11. The molecule has 0 amide bonds. The first-order valence-corrected chi connectivity index (χ1v) is 13.1. The van der Waals surface area contributed by atoms with E-state index in [4.69, 9.17) is 33.7 Å². The smallest absolute Gasteiger partial charge is 0.229 e. The number of nitrogens with one attached hydrogen (secondary N) is 1. The third-order valence-electron chi connectivity index (χ3n) is 6.28. The molecule has 0 aliphatic carbocycles. The van der Waals surface area contributed by atoms with Crippen molar-refractivity contribution >= 4 is 23.8 Å². The molecule has 3 aromatic rings. The molecule has 2 aliphatic rings. The van der Waals surface area contributed by atoms with Crippen LogP contribution in [0.25, 0.3) is 0 Å². The first-order valence-electron chi connectivity index (χ1n) is 13.1. The number of ether oxygens (including phenoxy) is 5. The molecule has 0 atom stereocenters. The molecule has 2 aromatic carbocycles. The van der Waals surface area contributed by atoms with Gasteiger partial charge in [0.25, 0.3) is 0 Å². The van der Waals surface area contributed by atoms with Crippen LogP contribution in [-0.4, -0.2) is 89.1 Å². The maximum atomic E-state index is 5.79. The lowest BCUT2D eigenvalue weighted by Crippen LogP contribution is -2.39. The van der Waals surface area contributed by atoms with E-state index in [-0.39, 0.29) is 0 Å². The van der Waals surface area contributed by atoms with Gasteiger partial charge in [-0.15, -0.1) is 0 Å². The first kappa shape index (κ1) is 26.5. The molecule has 0 radical (unpaired) electrons. The van der Waals surface area contributed by atoms with E-state index in [2.05, 4.69) is 20.3 Å². The van der Waals surface area contributed by atoms with E-state index in [1.807, 2.05) is 54.6 Å². The van der Waals surface area contributed by atoms with Crippen LogP contribution in [0.3, 0.4) is 0 Å². The quantitative estimate of drug-likeness (QED) is 0.224. The molecule has 1 aromatic heterocycles. The molecule has 206 valence electrons. The molecule has 0 spiro atoms. The van der Waals surface area contributed by atoms with Crippen molar-refractivity contribution in [2.75, 3.05) is 88.2 Å². The van der Waals surface area contributed by atoms with E-state index < -0.39 is 0 Å². The zero-order valence-electron chi connectivity index (χ0n) is 22.1. The average molecular weight is 535 g/mol. The van der Waals surface area contributed by atoms with Gasteiger partial charge < -0.3 is 33.5 Å². The predicted octanol–water partition coefficient (Wildman–Crippen LogP) is 3.06. The van der Waals surface area contributed by atoms with Crippen LogP contribution in [0.5, 0.6) is 17.2 Å². The zero-order chi connectivity index (χ0) is 26.7. The lowest BCUT2D eigenvalue weighted by Gasteiger charge is -2.31. The van der Waals surface area contributed by atoms with E-state index in [0.29, 0.717) is 51.4 Å². The van der Waals surface area contributed by atoms with Gasteiger partial charge in [-0.25, -0.2) is 0 Å². The summed E-state index contributed by atoms with van der Waals surface area (Å²) in [6.07, 6.45) is 1.75. The van der Waals surface area contributed by atoms with Crippen LogP contribution in [0.1, 0.15) is 5.56 Å². The monoisotopic (exact) mass is 534 g/mol. The van der Waals surface area contributed by atoms with Crippen LogP contribution in [0.4, 0.5) is 17.6 Å². The molecule has 0 unspecified atom stereocenters. The lowest BCUT2D eigenvalue weighted by molar-refractivity contribution is 0.121. The number of benzene rings is 2. The minimum Gasteiger partial charge on any atom is -0.497 e. The summed E-state index contributed by atoms with van der Waals surface area (Å²) in [6, 6.07) is 17.1. The zero-order valence-corrected chi connectivity index (χ0v) is 22.1. The Balaban J connectivity index is 1.14. The number of methoxy groups -OCH3 is 1. The van der Waals surface area contributed by atoms with Crippen molar-refractivity contribution in [1.29, 1.82) is 0 Å². The second-order valence-electron chi connectivity index (χ2n) is 8.92. The summed E-state index contributed by atoms with van der Waals surface area (Å²) in [5, 5.41) is 4.41. The fraction of sp³-hybridized carbons (Fsp3) is 0.393. The lowest BCUT2D eigenvalue weighted by atomic mass is 10.2. The number of aromatic nitrogens is 2. The Bertz CT molecular complexity index is 1160. The van der Waals surface area contributed by atoms with Crippen LogP contribution in [0.15, 0.2) is 59.7 Å². The van der Waals surface area contributed by atoms with Gasteiger partial charge in [-0.3, -0.25) is 5.43 Å². The van der Waals surface area contributed by atoms with Crippen molar-refractivity contribution in [2.45, 2.75) is 0 Å². The number of morpholine rings is 2. The minimum absolute atomic E-state index is 0.436. The molecule has 5 rings (SSSR count). The average Bonchev–Trinajstić information content (AvgIpc) is 3.01. The third kappa shape index (κ3) is 7.71. The fourth-order valence-electron chi connectivity index (χ4n) is 4.15. The highest BCUT2D eigenvalue weighted by Crippen LogP contribution is 2.22. The van der Waals surface area contributed by atoms with Crippen LogP contribution < -0.4 is 29.4 Å². The topological polar surface area (TPSA) is 103 Å². The Morgan fingerprint density at radius 3 is 1.97 bits per heavy atom. The maximum absolute atomic E-state index is 5.79. The van der Waals surface area contributed by atoms with Crippen molar-refractivity contribution in [3.8, 4) is 17.2 Å². The van der Waals surface area contributed by atoms with Gasteiger partial charge in [0.1, 0.15) is 36.3 Å². The maximum Gasteiger partial charge on any atom is 0.229 e. The summed E-state index contributed by atoms with van der Waals surface area (Å²) in [6.45, 7) is 6.70. The van der Waals surface area contributed by atoms with Crippen molar-refractivity contribution < 1.29 is 23.7 Å². The van der Waals surface area contributed by atoms with Gasteiger partial charge >= 0.3 is 0 Å². The van der Waals surface area contributed by atoms with Gasteiger partial charge in [0.15, 0.2) is 5.82 Å². The standard InChI is InChI=1S/C28H34N6O5/c1-35-23-6-8-25(9-7-23)39-19-18-38-24-4-2-22(3-5-24)21-29-32-26-20-27(33-10-14-36-15-11-33)31-28(30-26)34-12-16-37-17-13-34/h2-9,20-21H,10-19H2,1H3,(H,30,31,32)/b29-21-. The molecule has 11 heteroatoms. The van der Waals surface area contributed by atoms with Crippen LogP contribution >= 0.6 is 0 Å². The van der Waals surface area contributed by atoms with Gasteiger partial charge in [0.05, 0.1) is 39.8 Å². The molecule has 0 saturated carbocycles. The van der Waals surface area contributed by atoms with Crippen molar-refractivity contribution in [1.82, 2.24) is 9.97 Å². The Morgan fingerprint density at radius 1 is 0.795 bits per heavy atom. The summed E-state index contributed by atoms with van der Waals surface area (Å²) in [5.41, 5.74) is 4.01. The van der Waals surface area contributed by atoms with E-state index >= 15 is 0 Å². The Hall–Kier alpha value is -4.09. The molecule has 39 heavy (non-hydrogen) atoms. The molecule has 3 heterocycles.